The van der Waals surface area contributed by atoms with Crippen molar-refractivity contribution in [2.24, 2.45) is 0 Å². The summed E-state index contributed by atoms with van der Waals surface area (Å²) in [5.74, 6) is 0.178. The van der Waals surface area contributed by atoms with Gasteiger partial charge in [-0.3, -0.25) is 4.79 Å². The Kier molecular flexibility index (Phi) is 5.19. The van der Waals surface area contributed by atoms with Crippen molar-refractivity contribution in [2.75, 3.05) is 35.2 Å². The van der Waals surface area contributed by atoms with E-state index in [1.165, 1.54) is 11.1 Å². The highest BCUT2D eigenvalue weighted by Crippen LogP contribution is 2.32. The number of para-hydroxylation sites is 1. The molecule has 0 saturated heterocycles. The van der Waals surface area contributed by atoms with Gasteiger partial charge >= 0.3 is 0 Å². The van der Waals surface area contributed by atoms with Crippen LogP contribution in [-0.2, 0) is 17.6 Å². The third-order valence-corrected chi connectivity index (χ3v) is 5.12. The lowest BCUT2D eigenvalue weighted by molar-refractivity contribution is -0.117. The van der Waals surface area contributed by atoms with Gasteiger partial charge in [0, 0.05) is 30.2 Å². The summed E-state index contributed by atoms with van der Waals surface area (Å²) in [6, 6.07) is 14.3. The van der Waals surface area contributed by atoms with Crippen LogP contribution in [0.25, 0.3) is 0 Å². The molecule has 5 heteroatoms. The number of amides is 1. The number of hydrogen-bond acceptors (Lipinski definition) is 3. The molecule has 2 aromatic rings. The Labute approximate surface area is 155 Å². The molecular formula is C20H24ClN3O. The van der Waals surface area contributed by atoms with E-state index in [1.807, 2.05) is 23.1 Å². The van der Waals surface area contributed by atoms with Gasteiger partial charge in [0.1, 0.15) is 0 Å². The summed E-state index contributed by atoms with van der Waals surface area (Å²) in [6.45, 7) is 2.15. The van der Waals surface area contributed by atoms with E-state index >= 15 is 0 Å². The quantitative estimate of drug-likeness (QED) is 0.838. The topological polar surface area (TPSA) is 49.6 Å². The molecule has 1 amide bonds. The Morgan fingerprint density at radius 2 is 1.72 bits per heavy atom. The number of carbonyl (C=O) groups is 1. The average molecular weight is 358 g/mol. The minimum Gasteiger partial charge on any atom is -0.398 e. The van der Waals surface area contributed by atoms with Crippen molar-refractivity contribution in [1.29, 1.82) is 0 Å². The van der Waals surface area contributed by atoms with Crippen LogP contribution in [0, 0.1) is 0 Å². The number of aryl methyl sites for hydroxylation is 1. The van der Waals surface area contributed by atoms with Crippen LogP contribution in [0.2, 0.25) is 0 Å². The molecule has 0 atom stereocenters. The lowest BCUT2D eigenvalue weighted by Gasteiger charge is -2.35. The summed E-state index contributed by atoms with van der Waals surface area (Å²) in [5.41, 5.74) is 11.6. The molecule has 0 saturated carbocycles. The minimum atomic E-state index is 0. The average Bonchev–Trinajstić information content (AvgIpc) is 2.62. The Morgan fingerprint density at radius 1 is 0.960 bits per heavy atom. The fourth-order valence-electron chi connectivity index (χ4n) is 3.93. The van der Waals surface area contributed by atoms with E-state index in [0.717, 1.165) is 55.8 Å². The first kappa shape index (κ1) is 17.6. The molecule has 2 aliphatic rings. The van der Waals surface area contributed by atoms with E-state index < -0.39 is 0 Å². The fourth-order valence-corrected chi connectivity index (χ4v) is 3.93. The van der Waals surface area contributed by atoms with Crippen LogP contribution in [0.4, 0.5) is 17.1 Å². The highest BCUT2D eigenvalue weighted by Gasteiger charge is 2.26. The third-order valence-electron chi connectivity index (χ3n) is 5.12. The SMILES string of the molecule is Cl.Nc1cccc2c1CCCN2CC(=O)N1CCCc2ccccc21. The van der Waals surface area contributed by atoms with Crippen LogP contribution in [0.3, 0.4) is 0 Å². The highest BCUT2D eigenvalue weighted by atomic mass is 35.5. The monoisotopic (exact) mass is 357 g/mol. The van der Waals surface area contributed by atoms with E-state index in [1.54, 1.807) is 0 Å². The second kappa shape index (κ2) is 7.36. The van der Waals surface area contributed by atoms with Gasteiger partial charge in [-0.1, -0.05) is 24.3 Å². The summed E-state index contributed by atoms with van der Waals surface area (Å²) in [4.78, 5) is 17.1. The van der Waals surface area contributed by atoms with Crippen molar-refractivity contribution < 1.29 is 4.79 Å². The summed E-state index contributed by atoms with van der Waals surface area (Å²) in [5, 5.41) is 0. The van der Waals surface area contributed by atoms with Crippen molar-refractivity contribution in [3.63, 3.8) is 0 Å². The highest BCUT2D eigenvalue weighted by molar-refractivity contribution is 5.97. The smallest absolute Gasteiger partial charge is 0.246 e. The van der Waals surface area contributed by atoms with E-state index in [9.17, 15) is 4.79 Å². The second-order valence-electron chi connectivity index (χ2n) is 6.65. The molecule has 0 aromatic heterocycles. The molecule has 0 unspecified atom stereocenters. The Morgan fingerprint density at radius 3 is 2.60 bits per heavy atom. The molecule has 2 aliphatic heterocycles. The third kappa shape index (κ3) is 3.31. The van der Waals surface area contributed by atoms with Crippen molar-refractivity contribution in [2.45, 2.75) is 25.7 Å². The molecule has 4 rings (SSSR count). The van der Waals surface area contributed by atoms with Gasteiger partial charge in [-0.25, -0.2) is 0 Å². The molecule has 2 N–H and O–H groups in total. The number of nitrogens with zero attached hydrogens (tertiary/aromatic N) is 2. The predicted octanol–water partition coefficient (Wildman–Crippen LogP) is 3.42. The van der Waals surface area contributed by atoms with Gasteiger partial charge in [-0.05, 0) is 55.0 Å². The van der Waals surface area contributed by atoms with Gasteiger partial charge in [0.15, 0.2) is 0 Å². The minimum absolute atomic E-state index is 0. The largest absolute Gasteiger partial charge is 0.398 e. The molecule has 0 radical (unpaired) electrons. The van der Waals surface area contributed by atoms with E-state index in [0.29, 0.717) is 6.54 Å². The molecule has 0 fully saturated rings. The standard InChI is InChI=1S/C20H23N3O.ClH/c21-17-9-3-11-19-16(17)8-5-12-22(19)14-20(24)23-13-4-7-15-6-1-2-10-18(15)23;/h1-3,6,9-11H,4-5,7-8,12-14,21H2;1H. The number of benzene rings is 2. The molecule has 0 bridgehead atoms. The predicted molar refractivity (Wildman–Crippen MR) is 106 cm³/mol. The first-order valence-corrected chi connectivity index (χ1v) is 8.74. The Balaban J connectivity index is 0.00000182. The number of anilines is 3. The van der Waals surface area contributed by atoms with Crippen molar-refractivity contribution >= 4 is 35.4 Å². The lowest BCUT2D eigenvalue weighted by atomic mass is 9.99. The summed E-state index contributed by atoms with van der Waals surface area (Å²) in [6.07, 6.45) is 4.14. The zero-order chi connectivity index (χ0) is 16.5. The fraction of sp³-hybridized carbons (Fsp3) is 0.350. The van der Waals surface area contributed by atoms with Crippen molar-refractivity contribution in [1.82, 2.24) is 0 Å². The van der Waals surface area contributed by atoms with Gasteiger partial charge in [-0.15, -0.1) is 12.4 Å². The van der Waals surface area contributed by atoms with Crippen LogP contribution in [-0.4, -0.2) is 25.5 Å². The van der Waals surface area contributed by atoms with E-state index in [-0.39, 0.29) is 18.3 Å². The Bertz CT molecular complexity index is 777. The normalized spacial score (nSPS) is 15.8. The number of rotatable bonds is 2. The maximum atomic E-state index is 13.0. The first-order chi connectivity index (χ1) is 11.7. The van der Waals surface area contributed by atoms with Crippen LogP contribution in [0.1, 0.15) is 24.0 Å². The molecular weight excluding hydrogens is 334 g/mol. The number of fused-ring (bicyclic) bond motifs is 2. The zero-order valence-corrected chi connectivity index (χ0v) is 15.1. The van der Waals surface area contributed by atoms with Gasteiger partial charge in [0.2, 0.25) is 5.91 Å². The van der Waals surface area contributed by atoms with Crippen molar-refractivity contribution in [3.8, 4) is 0 Å². The zero-order valence-electron chi connectivity index (χ0n) is 14.3. The van der Waals surface area contributed by atoms with Crippen LogP contribution in [0.15, 0.2) is 42.5 Å². The molecule has 0 aliphatic carbocycles. The van der Waals surface area contributed by atoms with E-state index in [4.69, 9.17) is 5.73 Å². The molecule has 2 aromatic carbocycles. The summed E-state index contributed by atoms with van der Waals surface area (Å²) < 4.78 is 0. The second-order valence-corrected chi connectivity index (χ2v) is 6.65. The number of nitrogens with two attached hydrogens (primary N) is 1. The van der Waals surface area contributed by atoms with Gasteiger partial charge < -0.3 is 15.5 Å². The molecule has 0 spiro atoms. The van der Waals surface area contributed by atoms with Gasteiger partial charge in [0.05, 0.1) is 6.54 Å². The van der Waals surface area contributed by atoms with Crippen LogP contribution < -0.4 is 15.5 Å². The molecule has 2 heterocycles. The molecule has 132 valence electrons. The maximum absolute atomic E-state index is 13.0. The van der Waals surface area contributed by atoms with Crippen molar-refractivity contribution in [3.05, 3.63) is 53.6 Å². The number of carbonyl (C=O) groups excluding carboxylic acids is 1. The number of halogens is 1. The number of nitrogen functional groups attached to an aromatic ring is 1. The van der Waals surface area contributed by atoms with Crippen LogP contribution >= 0.6 is 12.4 Å². The first-order valence-electron chi connectivity index (χ1n) is 8.74. The van der Waals surface area contributed by atoms with Gasteiger partial charge in [-0.2, -0.15) is 0 Å². The summed E-state index contributed by atoms with van der Waals surface area (Å²) in [7, 11) is 0. The molecule has 25 heavy (non-hydrogen) atoms. The Hall–Kier alpha value is -2.20. The van der Waals surface area contributed by atoms with Gasteiger partial charge in [0.25, 0.3) is 0 Å². The maximum Gasteiger partial charge on any atom is 0.246 e. The van der Waals surface area contributed by atoms with E-state index in [2.05, 4.69) is 29.2 Å². The van der Waals surface area contributed by atoms with Crippen LogP contribution in [0.5, 0.6) is 0 Å². The lowest BCUT2D eigenvalue weighted by Crippen LogP contribution is -2.44. The molecule has 4 nitrogen and oxygen atoms in total. The summed E-state index contributed by atoms with van der Waals surface area (Å²) >= 11 is 0. The number of hydrogen-bond donors (Lipinski definition) is 1.